The van der Waals surface area contributed by atoms with Gasteiger partial charge < -0.3 is 5.73 Å². The van der Waals surface area contributed by atoms with Crippen LogP contribution in [0.15, 0.2) is 30.7 Å². The fraction of sp³-hybridized carbons (Fsp3) is 0.200. The third-order valence-electron chi connectivity index (χ3n) is 2.08. The van der Waals surface area contributed by atoms with Crippen LogP contribution < -0.4 is 5.73 Å². The van der Waals surface area contributed by atoms with E-state index in [-0.39, 0.29) is 24.3 Å². The minimum atomic E-state index is -0.381. The van der Waals surface area contributed by atoms with Gasteiger partial charge in [-0.25, -0.2) is 14.1 Å². The monoisotopic (exact) mass is 242 g/mol. The van der Waals surface area contributed by atoms with Crippen molar-refractivity contribution in [1.82, 2.24) is 14.8 Å². The number of hydrogen-bond acceptors (Lipinski definition) is 3. The molecular weight excluding hydrogens is 231 g/mol. The molecule has 0 spiro atoms. The van der Waals surface area contributed by atoms with E-state index in [0.717, 1.165) is 11.8 Å². The van der Waals surface area contributed by atoms with Crippen molar-refractivity contribution < 1.29 is 4.39 Å². The molecular formula is C10H12ClFN4. The lowest BCUT2D eigenvalue weighted by Gasteiger charge is -2.05. The molecule has 0 bridgehead atoms. The first-order valence-corrected chi connectivity index (χ1v) is 4.59. The van der Waals surface area contributed by atoms with E-state index in [4.69, 9.17) is 5.73 Å². The Bertz CT molecular complexity index is 452. The number of nitrogens with zero attached hydrogens (tertiary/aromatic N) is 3. The highest BCUT2D eigenvalue weighted by Gasteiger charge is 2.03. The largest absolute Gasteiger partial charge is 0.324 e. The molecule has 0 aliphatic heterocycles. The molecule has 1 atom stereocenters. The van der Waals surface area contributed by atoms with Crippen molar-refractivity contribution in [3.8, 4) is 5.82 Å². The van der Waals surface area contributed by atoms with Crippen LogP contribution in [0.3, 0.4) is 0 Å². The second-order valence-electron chi connectivity index (χ2n) is 3.34. The maximum absolute atomic E-state index is 12.7. The lowest BCUT2D eigenvalue weighted by molar-refractivity contribution is 0.627. The molecule has 2 aromatic rings. The van der Waals surface area contributed by atoms with E-state index in [0.29, 0.717) is 5.82 Å². The normalized spacial score (nSPS) is 11.9. The van der Waals surface area contributed by atoms with Crippen LogP contribution in [-0.4, -0.2) is 14.8 Å². The maximum atomic E-state index is 12.7. The molecule has 0 radical (unpaired) electrons. The summed E-state index contributed by atoms with van der Waals surface area (Å²) in [6.45, 7) is 1.88. The predicted octanol–water partition coefficient (Wildman–Crippen LogP) is 1.85. The molecule has 0 aliphatic rings. The van der Waals surface area contributed by atoms with Gasteiger partial charge in [-0.3, -0.25) is 0 Å². The highest BCUT2D eigenvalue weighted by atomic mass is 35.5. The van der Waals surface area contributed by atoms with Crippen LogP contribution in [0.2, 0.25) is 0 Å². The average molecular weight is 243 g/mol. The van der Waals surface area contributed by atoms with Crippen molar-refractivity contribution >= 4 is 12.4 Å². The molecule has 0 aromatic carbocycles. The first kappa shape index (κ1) is 12.6. The predicted molar refractivity (Wildman–Crippen MR) is 61.2 cm³/mol. The van der Waals surface area contributed by atoms with Crippen LogP contribution in [0.1, 0.15) is 18.5 Å². The van der Waals surface area contributed by atoms with Gasteiger partial charge in [0.25, 0.3) is 0 Å². The zero-order valence-electron chi connectivity index (χ0n) is 8.67. The SMILES string of the molecule is C[C@@H](N)c1ccc(-n2cc(F)cn2)nc1.Cl. The lowest BCUT2D eigenvalue weighted by atomic mass is 10.2. The minimum Gasteiger partial charge on any atom is -0.324 e. The highest BCUT2D eigenvalue weighted by molar-refractivity contribution is 5.85. The topological polar surface area (TPSA) is 56.7 Å². The van der Waals surface area contributed by atoms with Crippen molar-refractivity contribution in [3.05, 3.63) is 42.1 Å². The molecule has 0 saturated carbocycles. The van der Waals surface area contributed by atoms with Gasteiger partial charge in [0, 0.05) is 12.2 Å². The number of nitrogens with two attached hydrogens (primary N) is 1. The number of hydrogen-bond donors (Lipinski definition) is 1. The lowest BCUT2D eigenvalue weighted by Crippen LogP contribution is -2.06. The summed E-state index contributed by atoms with van der Waals surface area (Å²) < 4.78 is 14.1. The Hall–Kier alpha value is -1.46. The number of rotatable bonds is 2. The van der Waals surface area contributed by atoms with Gasteiger partial charge in [-0.2, -0.15) is 5.10 Å². The van der Waals surface area contributed by atoms with Gasteiger partial charge in [0.2, 0.25) is 0 Å². The molecule has 4 nitrogen and oxygen atoms in total. The fourth-order valence-corrected chi connectivity index (χ4v) is 1.23. The average Bonchev–Trinajstić information content (AvgIpc) is 2.65. The fourth-order valence-electron chi connectivity index (χ4n) is 1.23. The van der Waals surface area contributed by atoms with Gasteiger partial charge in [0.1, 0.15) is 0 Å². The number of aromatic nitrogens is 3. The molecule has 86 valence electrons. The summed E-state index contributed by atoms with van der Waals surface area (Å²) in [5.74, 6) is 0.191. The maximum Gasteiger partial charge on any atom is 0.161 e. The second-order valence-corrected chi connectivity index (χ2v) is 3.34. The van der Waals surface area contributed by atoms with Crippen LogP contribution in [-0.2, 0) is 0 Å². The zero-order chi connectivity index (χ0) is 10.8. The molecule has 0 saturated heterocycles. The highest BCUT2D eigenvalue weighted by Crippen LogP contribution is 2.10. The third kappa shape index (κ3) is 2.56. The molecule has 2 heterocycles. The van der Waals surface area contributed by atoms with Crippen LogP contribution in [0.5, 0.6) is 0 Å². The van der Waals surface area contributed by atoms with Crippen LogP contribution in [0, 0.1) is 5.82 Å². The second kappa shape index (κ2) is 5.05. The standard InChI is InChI=1S/C10H11FN4.ClH/c1-7(12)8-2-3-10(13-4-8)15-6-9(11)5-14-15;/h2-7H,12H2,1H3;1H/t7-;/m1./s1. The van der Waals surface area contributed by atoms with Gasteiger partial charge in [-0.05, 0) is 18.6 Å². The smallest absolute Gasteiger partial charge is 0.161 e. The van der Waals surface area contributed by atoms with Crippen molar-refractivity contribution in [1.29, 1.82) is 0 Å². The molecule has 16 heavy (non-hydrogen) atoms. The zero-order valence-corrected chi connectivity index (χ0v) is 9.49. The van der Waals surface area contributed by atoms with E-state index in [2.05, 4.69) is 10.1 Å². The summed E-state index contributed by atoms with van der Waals surface area (Å²) in [5.41, 5.74) is 6.62. The van der Waals surface area contributed by atoms with Crippen molar-refractivity contribution in [3.63, 3.8) is 0 Å². The van der Waals surface area contributed by atoms with Crippen molar-refractivity contribution in [2.75, 3.05) is 0 Å². The van der Waals surface area contributed by atoms with Gasteiger partial charge in [-0.1, -0.05) is 6.07 Å². The summed E-state index contributed by atoms with van der Waals surface area (Å²) in [6.07, 6.45) is 4.08. The Kier molecular flexibility index (Phi) is 3.98. The Balaban J connectivity index is 0.00000128. The van der Waals surface area contributed by atoms with Crippen LogP contribution in [0.4, 0.5) is 4.39 Å². The molecule has 2 aromatic heterocycles. The number of halogens is 2. The van der Waals surface area contributed by atoms with E-state index in [1.807, 2.05) is 13.0 Å². The Morgan fingerprint density at radius 2 is 2.12 bits per heavy atom. The minimum absolute atomic E-state index is 0. The van der Waals surface area contributed by atoms with E-state index >= 15 is 0 Å². The summed E-state index contributed by atoms with van der Waals surface area (Å²) >= 11 is 0. The van der Waals surface area contributed by atoms with E-state index in [9.17, 15) is 4.39 Å². The first-order valence-electron chi connectivity index (χ1n) is 4.59. The summed E-state index contributed by atoms with van der Waals surface area (Å²) in [6, 6.07) is 3.55. The Morgan fingerprint density at radius 1 is 1.38 bits per heavy atom. The van der Waals surface area contributed by atoms with E-state index < -0.39 is 0 Å². The van der Waals surface area contributed by atoms with Gasteiger partial charge in [0.15, 0.2) is 11.6 Å². The molecule has 2 N–H and O–H groups in total. The van der Waals surface area contributed by atoms with Crippen LogP contribution >= 0.6 is 12.4 Å². The third-order valence-corrected chi connectivity index (χ3v) is 2.08. The number of pyridine rings is 1. The molecule has 6 heteroatoms. The Labute approximate surface area is 98.7 Å². The summed E-state index contributed by atoms with van der Waals surface area (Å²) in [7, 11) is 0. The van der Waals surface area contributed by atoms with Crippen LogP contribution in [0.25, 0.3) is 5.82 Å². The van der Waals surface area contributed by atoms with E-state index in [1.165, 1.54) is 10.9 Å². The molecule has 0 unspecified atom stereocenters. The molecule has 0 amide bonds. The summed E-state index contributed by atoms with van der Waals surface area (Å²) in [4.78, 5) is 4.14. The van der Waals surface area contributed by atoms with E-state index in [1.54, 1.807) is 12.3 Å². The Morgan fingerprint density at radius 3 is 2.56 bits per heavy atom. The quantitative estimate of drug-likeness (QED) is 0.874. The molecule has 0 aliphatic carbocycles. The first-order chi connectivity index (χ1) is 7.16. The van der Waals surface area contributed by atoms with Gasteiger partial charge in [-0.15, -0.1) is 12.4 Å². The van der Waals surface area contributed by atoms with Crippen molar-refractivity contribution in [2.45, 2.75) is 13.0 Å². The van der Waals surface area contributed by atoms with Gasteiger partial charge in [0.05, 0.1) is 12.4 Å². The van der Waals surface area contributed by atoms with Crippen molar-refractivity contribution in [2.24, 2.45) is 5.73 Å². The van der Waals surface area contributed by atoms with Gasteiger partial charge >= 0.3 is 0 Å². The summed E-state index contributed by atoms with van der Waals surface area (Å²) in [5, 5.41) is 3.81. The molecule has 2 rings (SSSR count). The molecule has 0 fully saturated rings.